The smallest absolute Gasteiger partial charge is 0.269 e. The second-order valence-electron chi connectivity index (χ2n) is 5.12. The number of aliphatic hydroxyl groups is 1. The highest BCUT2D eigenvalue weighted by Gasteiger charge is 2.13. The molecule has 1 unspecified atom stereocenters. The van der Waals surface area contributed by atoms with Crippen molar-refractivity contribution in [3.05, 3.63) is 34.4 Å². The number of hydrogen-bond donors (Lipinski definition) is 2. The van der Waals surface area contributed by atoms with E-state index in [0.29, 0.717) is 5.92 Å². The van der Waals surface area contributed by atoms with E-state index in [-0.39, 0.29) is 30.0 Å². The average molecular weight is 312 g/mol. The fourth-order valence-electron chi connectivity index (χ4n) is 1.83. The van der Waals surface area contributed by atoms with Gasteiger partial charge in [-0.05, 0) is 24.5 Å². The van der Waals surface area contributed by atoms with Crippen molar-refractivity contribution in [3.63, 3.8) is 0 Å². The molecule has 0 saturated carbocycles. The fourth-order valence-corrected chi connectivity index (χ4v) is 2.54. The predicted molar refractivity (Wildman–Crippen MR) is 82.3 cm³/mol. The first-order valence-corrected chi connectivity index (χ1v) is 7.68. The lowest BCUT2D eigenvalue weighted by molar-refractivity contribution is -0.384. The van der Waals surface area contributed by atoms with Gasteiger partial charge in [-0.1, -0.05) is 13.8 Å². The molecular formula is C14H20N2O4S. The Kier molecular flexibility index (Phi) is 7.18. The molecule has 0 aliphatic carbocycles. The third-order valence-corrected chi connectivity index (χ3v) is 3.77. The fraction of sp³-hybridized carbons (Fsp3) is 0.500. The maximum atomic E-state index is 11.8. The molecule has 0 radical (unpaired) electrons. The highest BCUT2D eigenvalue weighted by Crippen LogP contribution is 2.21. The van der Waals surface area contributed by atoms with Crippen molar-refractivity contribution < 1.29 is 14.8 Å². The third-order valence-electron chi connectivity index (χ3n) is 2.76. The zero-order chi connectivity index (χ0) is 15.8. The van der Waals surface area contributed by atoms with Gasteiger partial charge in [0.2, 0.25) is 5.91 Å². The van der Waals surface area contributed by atoms with Crippen molar-refractivity contribution in [3.8, 4) is 0 Å². The lowest BCUT2D eigenvalue weighted by Gasteiger charge is -2.18. The summed E-state index contributed by atoms with van der Waals surface area (Å²) in [5.41, 5.74) is 0.0288. The highest BCUT2D eigenvalue weighted by atomic mass is 32.2. The van der Waals surface area contributed by atoms with E-state index in [1.807, 2.05) is 13.8 Å². The molecule has 0 aromatic heterocycles. The van der Waals surface area contributed by atoms with Gasteiger partial charge in [0, 0.05) is 17.0 Å². The number of carbonyl (C=O) groups excluding carboxylic acids is 1. The number of hydrogen-bond acceptors (Lipinski definition) is 5. The molecule has 0 heterocycles. The number of nitro benzene ring substituents is 1. The first-order chi connectivity index (χ1) is 9.92. The molecule has 0 saturated heterocycles. The molecule has 116 valence electrons. The first kappa shape index (κ1) is 17.5. The van der Waals surface area contributed by atoms with Crippen LogP contribution in [0.1, 0.15) is 20.3 Å². The quantitative estimate of drug-likeness (QED) is 0.436. The van der Waals surface area contributed by atoms with Crippen LogP contribution in [0.25, 0.3) is 0 Å². The van der Waals surface area contributed by atoms with Crippen LogP contribution in [0.3, 0.4) is 0 Å². The summed E-state index contributed by atoms with van der Waals surface area (Å²) in [5.74, 6) is 0.453. The number of rotatable bonds is 8. The number of aliphatic hydroxyl groups excluding tert-OH is 1. The van der Waals surface area contributed by atoms with E-state index in [1.54, 1.807) is 12.1 Å². The molecule has 0 spiro atoms. The van der Waals surface area contributed by atoms with Crippen LogP contribution in [0.5, 0.6) is 0 Å². The Bertz CT molecular complexity index is 476. The van der Waals surface area contributed by atoms with Crippen LogP contribution in [0.15, 0.2) is 29.2 Å². The molecule has 7 heteroatoms. The molecule has 21 heavy (non-hydrogen) atoms. The summed E-state index contributed by atoms with van der Waals surface area (Å²) in [7, 11) is 0. The zero-order valence-electron chi connectivity index (χ0n) is 12.1. The normalized spacial score (nSPS) is 12.2. The van der Waals surface area contributed by atoms with Gasteiger partial charge >= 0.3 is 0 Å². The number of thioether (sulfide) groups is 1. The van der Waals surface area contributed by atoms with Gasteiger partial charge in [-0.15, -0.1) is 11.8 Å². The van der Waals surface area contributed by atoms with E-state index >= 15 is 0 Å². The van der Waals surface area contributed by atoms with Crippen molar-refractivity contribution in [2.24, 2.45) is 5.92 Å². The van der Waals surface area contributed by atoms with Gasteiger partial charge in [-0.2, -0.15) is 0 Å². The molecule has 1 aromatic rings. The lowest BCUT2D eigenvalue weighted by Crippen LogP contribution is -2.39. The second-order valence-corrected chi connectivity index (χ2v) is 6.17. The minimum atomic E-state index is -0.459. The highest BCUT2D eigenvalue weighted by molar-refractivity contribution is 8.00. The summed E-state index contributed by atoms with van der Waals surface area (Å²) in [5, 5.41) is 22.5. The van der Waals surface area contributed by atoms with Gasteiger partial charge in [-0.25, -0.2) is 0 Å². The van der Waals surface area contributed by atoms with Gasteiger partial charge in [-0.3, -0.25) is 14.9 Å². The number of non-ortho nitro benzene ring substituents is 1. The molecule has 2 N–H and O–H groups in total. The zero-order valence-corrected chi connectivity index (χ0v) is 12.9. The maximum absolute atomic E-state index is 11.8. The number of nitro groups is 1. The lowest BCUT2D eigenvalue weighted by atomic mass is 10.0. The monoisotopic (exact) mass is 312 g/mol. The molecular weight excluding hydrogens is 292 g/mol. The Hall–Kier alpha value is -1.60. The number of nitrogens with zero attached hydrogens (tertiary/aromatic N) is 1. The summed E-state index contributed by atoms with van der Waals surface area (Å²) >= 11 is 1.30. The molecule has 6 nitrogen and oxygen atoms in total. The Morgan fingerprint density at radius 2 is 2.00 bits per heavy atom. The van der Waals surface area contributed by atoms with Crippen molar-refractivity contribution in [1.29, 1.82) is 0 Å². The van der Waals surface area contributed by atoms with Crippen LogP contribution in [0, 0.1) is 16.0 Å². The molecule has 1 aromatic carbocycles. The molecule has 0 aliphatic rings. The number of carbonyl (C=O) groups is 1. The maximum Gasteiger partial charge on any atom is 0.269 e. The third kappa shape index (κ3) is 6.59. The van der Waals surface area contributed by atoms with Gasteiger partial charge in [0.25, 0.3) is 5.69 Å². The number of benzene rings is 1. The molecule has 0 bridgehead atoms. The summed E-state index contributed by atoms with van der Waals surface area (Å²) in [4.78, 5) is 22.7. The molecule has 1 atom stereocenters. The summed E-state index contributed by atoms with van der Waals surface area (Å²) < 4.78 is 0. The van der Waals surface area contributed by atoms with E-state index in [2.05, 4.69) is 5.32 Å². The van der Waals surface area contributed by atoms with E-state index in [0.717, 1.165) is 11.3 Å². The Morgan fingerprint density at radius 1 is 1.38 bits per heavy atom. The van der Waals surface area contributed by atoms with Crippen LogP contribution in [0.4, 0.5) is 5.69 Å². The summed E-state index contributed by atoms with van der Waals surface area (Å²) in [6.45, 7) is 3.98. The SMILES string of the molecule is CC(C)CC(CO)NC(=O)CSc1ccc([N+](=O)[O-])cc1. The van der Waals surface area contributed by atoms with Crippen LogP contribution in [-0.2, 0) is 4.79 Å². The van der Waals surface area contributed by atoms with Gasteiger partial charge in [0.05, 0.1) is 23.3 Å². The van der Waals surface area contributed by atoms with Crippen LogP contribution >= 0.6 is 11.8 Å². The van der Waals surface area contributed by atoms with Gasteiger partial charge in [0.15, 0.2) is 0 Å². The number of nitrogens with one attached hydrogen (secondary N) is 1. The second kappa shape index (κ2) is 8.63. The summed E-state index contributed by atoms with van der Waals surface area (Å²) in [6, 6.07) is 5.84. The topological polar surface area (TPSA) is 92.5 Å². The van der Waals surface area contributed by atoms with Crippen molar-refractivity contribution in [2.45, 2.75) is 31.2 Å². The van der Waals surface area contributed by atoms with E-state index in [4.69, 9.17) is 0 Å². The molecule has 1 amide bonds. The minimum absolute atomic E-state index is 0.0288. The standard InChI is InChI=1S/C14H20N2O4S/c1-10(2)7-11(8-17)15-14(18)9-21-13-5-3-12(4-6-13)16(19)20/h3-6,10-11,17H,7-9H2,1-2H3,(H,15,18). The Morgan fingerprint density at radius 3 is 2.48 bits per heavy atom. The molecule has 0 fully saturated rings. The first-order valence-electron chi connectivity index (χ1n) is 6.69. The van der Waals surface area contributed by atoms with E-state index in [1.165, 1.54) is 23.9 Å². The predicted octanol–water partition coefficient (Wildman–Crippen LogP) is 2.21. The van der Waals surface area contributed by atoms with Crippen LogP contribution < -0.4 is 5.32 Å². The van der Waals surface area contributed by atoms with Crippen LogP contribution in [-0.4, -0.2) is 34.3 Å². The Balaban J connectivity index is 2.43. The van der Waals surface area contributed by atoms with Gasteiger partial charge < -0.3 is 10.4 Å². The van der Waals surface area contributed by atoms with Crippen molar-refractivity contribution in [2.75, 3.05) is 12.4 Å². The van der Waals surface area contributed by atoms with Crippen molar-refractivity contribution in [1.82, 2.24) is 5.32 Å². The van der Waals surface area contributed by atoms with E-state index < -0.39 is 4.92 Å². The summed E-state index contributed by atoms with van der Waals surface area (Å²) in [6.07, 6.45) is 0.727. The average Bonchev–Trinajstić information content (AvgIpc) is 2.44. The molecule has 0 aliphatic heterocycles. The number of amides is 1. The van der Waals surface area contributed by atoms with Crippen molar-refractivity contribution >= 4 is 23.4 Å². The van der Waals surface area contributed by atoms with Gasteiger partial charge in [0.1, 0.15) is 0 Å². The minimum Gasteiger partial charge on any atom is -0.394 e. The van der Waals surface area contributed by atoms with E-state index in [9.17, 15) is 20.0 Å². The Labute approximate surface area is 128 Å². The largest absolute Gasteiger partial charge is 0.394 e. The molecule has 1 rings (SSSR count). The van der Waals surface area contributed by atoms with Crippen LogP contribution in [0.2, 0.25) is 0 Å².